The van der Waals surface area contributed by atoms with E-state index in [-0.39, 0.29) is 5.91 Å². The number of ether oxygens (including phenoxy) is 2. The number of amidine groups is 1. The van der Waals surface area contributed by atoms with Crippen LogP contribution in [0.4, 0.5) is 5.69 Å². The van der Waals surface area contributed by atoms with Crippen molar-refractivity contribution < 1.29 is 14.3 Å². The standard InChI is InChI=1S/C26H22Cl2N2O3S/c1-3-30-25(31)24(34-26(30)29-20-8-12-21(32-2)13-9-20)14-17-4-10-22(11-5-17)33-16-18-6-7-19(27)15-23(18)28/h4-15H,3,16H2,1-2H3. The Morgan fingerprint density at radius 2 is 1.71 bits per heavy atom. The Kier molecular flexibility index (Phi) is 7.83. The summed E-state index contributed by atoms with van der Waals surface area (Å²) in [5.41, 5.74) is 2.51. The number of methoxy groups -OCH3 is 1. The number of nitrogens with zero attached hydrogens (tertiary/aromatic N) is 2. The molecule has 0 aromatic heterocycles. The number of thioether (sulfide) groups is 1. The Morgan fingerprint density at radius 1 is 1.00 bits per heavy atom. The van der Waals surface area contributed by atoms with Crippen LogP contribution in [0.2, 0.25) is 10.0 Å². The molecule has 0 spiro atoms. The highest BCUT2D eigenvalue weighted by atomic mass is 35.5. The third kappa shape index (κ3) is 5.76. The molecule has 0 aliphatic carbocycles. The van der Waals surface area contributed by atoms with Gasteiger partial charge in [-0.2, -0.15) is 0 Å². The minimum Gasteiger partial charge on any atom is -0.497 e. The van der Waals surface area contributed by atoms with Crippen LogP contribution in [0.15, 0.2) is 76.6 Å². The first-order valence-electron chi connectivity index (χ1n) is 10.6. The maximum Gasteiger partial charge on any atom is 0.266 e. The van der Waals surface area contributed by atoms with Crippen molar-refractivity contribution in [3.8, 4) is 11.5 Å². The van der Waals surface area contributed by atoms with Gasteiger partial charge in [0.25, 0.3) is 5.91 Å². The van der Waals surface area contributed by atoms with Crippen LogP contribution >= 0.6 is 35.0 Å². The van der Waals surface area contributed by atoms with E-state index in [0.717, 1.165) is 22.6 Å². The highest BCUT2D eigenvalue weighted by Gasteiger charge is 2.32. The molecule has 0 atom stereocenters. The molecule has 1 fully saturated rings. The Bertz CT molecular complexity index is 1240. The zero-order valence-electron chi connectivity index (χ0n) is 18.6. The maximum absolute atomic E-state index is 12.9. The van der Waals surface area contributed by atoms with Crippen LogP contribution in [0, 0.1) is 0 Å². The number of hydrogen-bond donors (Lipinski definition) is 0. The minimum absolute atomic E-state index is 0.0579. The normalized spacial score (nSPS) is 15.9. The van der Waals surface area contributed by atoms with E-state index in [4.69, 9.17) is 32.7 Å². The SMILES string of the molecule is CCN1C(=O)C(=Cc2ccc(OCc3ccc(Cl)cc3Cl)cc2)SC1=Nc1ccc(OC)cc1. The average Bonchev–Trinajstić information content (AvgIpc) is 3.13. The first-order chi connectivity index (χ1) is 16.5. The lowest BCUT2D eigenvalue weighted by molar-refractivity contribution is -0.122. The lowest BCUT2D eigenvalue weighted by Gasteiger charge is -2.12. The van der Waals surface area contributed by atoms with Gasteiger partial charge in [-0.3, -0.25) is 9.69 Å². The van der Waals surface area contributed by atoms with E-state index in [9.17, 15) is 4.79 Å². The highest BCUT2D eigenvalue weighted by molar-refractivity contribution is 8.18. The van der Waals surface area contributed by atoms with Crippen LogP contribution in [-0.4, -0.2) is 29.6 Å². The summed E-state index contributed by atoms with van der Waals surface area (Å²) < 4.78 is 11.0. The van der Waals surface area contributed by atoms with Crippen molar-refractivity contribution in [1.29, 1.82) is 0 Å². The van der Waals surface area contributed by atoms with Crippen LogP contribution in [0.3, 0.4) is 0 Å². The van der Waals surface area contributed by atoms with Crippen LogP contribution in [0.25, 0.3) is 6.08 Å². The predicted molar refractivity (Wildman–Crippen MR) is 140 cm³/mol. The van der Waals surface area contributed by atoms with E-state index in [1.54, 1.807) is 24.1 Å². The molecule has 0 unspecified atom stereocenters. The van der Waals surface area contributed by atoms with Gasteiger partial charge in [0.1, 0.15) is 18.1 Å². The van der Waals surface area contributed by atoms with Gasteiger partial charge >= 0.3 is 0 Å². The lowest BCUT2D eigenvalue weighted by Crippen LogP contribution is -2.28. The fraction of sp³-hybridized carbons (Fsp3) is 0.154. The molecule has 1 saturated heterocycles. The second-order valence-corrected chi connectivity index (χ2v) is 9.20. The van der Waals surface area contributed by atoms with Gasteiger partial charge < -0.3 is 9.47 Å². The first kappa shape index (κ1) is 24.2. The number of likely N-dealkylation sites (N-methyl/N-ethyl adjacent to an activating group) is 1. The largest absolute Gasteiger partial charge is 0.497 e. The molecular weight excluding hydrogens is 491 g/mol. The smallest absolute Gasteiger partial charge is 0.266 e. The van der Waals surface area contributed by atoms with Gasteiger partial charge in [-0.25, -0.2) is 4.99 Å². The van der Waals surface area contributed by atoms with E-state index in [1.165, 1.54) is 11.8 Å². The van der Waals surface area contributed by atoms with Crippen molar-refractivity contribution in [3.63, 3.8) is 0 Å². The number of halogens is 2. The van der Waals surface area contributed by atoms with E-state index < -0.39 is 0 Å². The Balaban J connectivity index is 1.46. The van der Waals surface area contributed by atoms with Gasteiger partial charge in [0.2, 0.25) is 0 Å². The first-order valence-corrected chi connectivity index (χ1v) is 12.1. The quantitative estimate of drug-likeness (QED) is 0.314. The molecule has 0 bridgehead atoms. The summed E-state index contributed by atoms with van der Waals surface area (Å²) in [7, 11) is 1.62. The monoisotopic (exact) mass is 512 g/mol. The molecule has 3 aromatic rings. The highest BCUT2D eigenvalue weighted by Crippen LogP contribution is 2.34. The number of carbonyl (C=O) groups excluding carboxylic acids is 1. The minimum atomic E-state index is -0.0579. The summed E-state index contributed by atoms with van der Waals surface area (Å²) in [4.78, 5) is 19.9. The van der Waals surface area contributed by atoms with Crippen LogP contribution in [0.1, 0.15) is 18.1 Å². The molecule has 4 rings (SSSR count). The van der Waals surface area contributed by atoms with E-state index in [0.29, 0.717) is 39.0 Å². The molecule has 0 radical (unpaired) electrons. The molecule has 1 heterocycles. The van der Waals surface area contributed by atoms with Gasteiger partial charge in [0.15, 0.2) is 5.17 Å². The molecule has 0 N–H and O–H groups in total. The number of benzene rings is 3. The van der Waals surface area contributed by atoms with E-state index in [1.807, 2.05) is 67.6 Å². The van der Waals surface area contributed by atoms with Gasteiger partial charge in [-0.15, -0.1) is 0 Å². The Labute approximate surface area is 213 Å². The maximum atomic E-state index is 12.9. The molecular formula is C26H22Cl2N2O3S. The second-order valence-electron chi connectivity index (χ2n) is 7.35. The topological polar surface area (TPSA) is 51.1 Å². The van der Waals surface area contributed by atoms with Gasteiger partial charge in [-0.05, 0) is 78.9 Å². The van der Waals surface area contributed by atoms with Crippen molar-refractivity contribution in [3.05, 3.63) is 92.8 Å². The molecule has 34 heavy (non-hydrogen) atoms. The predicted octanol–water partition coefficient (Wildman–Crippen LogP) is 7.20. The molecule has 174 valence electrons. The van der Waals surface area contributed by atoms with Gasteiger partial charge in [0.05, 0.1) is 17.7 Å². The fourth-order valence-corrected chi connectivity index (χ4v) is 4.77. The molecule has 3 aromatic carbocycles. The van der Waals surface area contributed by atoms with Gasteiger partial charge in [-0.1, -0.05) is 41.4 Å². The molecule has 1 aliphatic rings. The van der Waals surface area contributed by atoms with Crippen LogP contribution in [0.5, 0.6) is 11.5 Å². The zero-order chi connectivity index (χ0) is 24.1. The van der Waals surface area contributed by atoms with Crippen molar-refractivity contribution in [2.24, 2.45) is 4.99 Å². The van der Waals surface area contributed by atoms with Crippen molar-refractivity contribution in [1.82, 2.24) is 4.90 Å². The van der Waals surface area contributed by atoms with E-state index >= 15 is 0 Å². The fourth-order valence-electron chi connectivity index (χ4n) is 3.25. The number of rotatable bonds is 7. The molecule has 5 nitrogen and oxygen atoms in total. The number of carbonyl (C=O) groups is 1. The summed E-state index contributed by atoms with van der Waals surface area (Å²) in [5.74, 6) is 1.41. The summed E-state index contributed by atoms with van der Waals surface area (Å²) in [6.07, 6.45) is 1.87. The third-order valence-corrected chi connectivity index (χ3v) is 6.68. The zero-order valence-corrected chi connectivity index (χ0v) is 21.0. The van der Waals surface area contributed by atoms with Crippen LogP contribution in [-0.2, 0) is 11.4 Å². The molecule has 0 saturated carbocycles. The summed E-state index contributed by atoms with van der Waals surface area (Å²) in [5, 5.41) is 1.81. The van der Waals surface area contributed by atoms with Crippen molar-refractivity contribution in [2.75, 3.05) is 13.7 Å². The van der Waals surface area contributed by atoms with Crippen molar-refractivity contribution in [2.45, 2.75) is 13.5 Å². The molecule has 1 amide bonds. The average molecular weight is 513 g/mol. The summed E-state index contributed by atoms with van der Waals surface area (Å²) in [6, 6.07) is 20.3. The van der Waals surface area contributed by atoms with Gasteiger partial charge in [0, 0.05) is 22.2 Å². The second kappa shape index (κ2) is 11.0. The lowest BCUT2D eigenvalue weighted by atomic mass is 10.2. The Morgan fingerprint density at radius 3 is 2.35 bits per heavy atom. The summed E-state index contributed by atoms with van der Waals surface area (Å²) in [6.45, 7) is 2.81. The third-order valence-electron chi connectivity index (χ3n) is 5.09. The summed E-state index contributed by atoms with van der Waals surface area (Å²) >= 11 is 13.5. The Hall–Kier alpha value is -2.93. The molecule has 1 aliphatic heterocycles. The number of aliphatic imine (C=N–C) groups is 1. The molecule has 8 heteroatoms. The number of hydrogen-bond acceptors (Lipinski definition) is 5. The number of amides is 1. The van der Waals surface area contributed by atoms with Crippen molar-refractivity contribution >= 4 is 57.8 Å². The van der Waals surface area contributed by atoms with Crippen LogP contribution < -0.4 is 9.47 Å². The van der Waals surface area contributed by atoms with E-state index in [2.05, 4.69) is 4.99 Å².